The highest BCUT2D eigenvalue weighted by Crippen LogP contribution is 2.37. The molecule has 1 aliphatic heterocycles. The lowest BCUT2D eigenvalue weighted by molar-refractivity contribution is -0.113. The quantitative estimate of drug-likeness (QED) is 0.476. The van der Waals surface area contributed by atoms with Gasteiger partial charge in [0.1, 0.15) is 0 Å². The van der Waals surface area contributed by atoms with Gasteiger partial charge in [0.05, 0.1) is 20.6 Å². The van der Waals surface area contributed by atoms with Crippen LogP contribution in [0.15, 0.2) is 41.3 Å². The molecule has 1 saturated heterocycles. The fourth-order valence-electron chi connectivity index (χ4n) is 2.07. The molecule has 0 aliphatic carbocycles. The Kier molecular flexibility index (Phi) is 4.92. The number of nitrogens with zero attached hydrogens (tertiary/aromatic N) is 1. The van der Waals surface area contributed by atoms with E-state index in [-0.39, 0.29) is 10.0 Å². The van der Waals surface area contributed by atoms with Crippen LogP contribution in [0.3, 0.4) is 0 Å². The number of thiocarbonyl (C=S) groups is 1. The average molecular weight is 402 g/mol. The van der Waals surface area contributed by atoms with Gasteiger partial charge in [-0.1, -0.05) is 53.2 Å². The van der Waals surface area contributed by atoms with Crippen LogP contribution in [0.4, 0.5) is 14.5 Å². The maximum absolute atomic E-state index is 13.4. The number of rotatable bonds is 2. The lowest BCUT2D eigenvalue weighted by Gasteiger charge is -2.14. The minimum absolute atomic E-state index is 0.175. The van der Waals surface area contributed by atoms with Crippen LogP contribution in [0.1, 0.15) is 5.56 Å². The number of hydrogen-bond acceptors (Lipinski definition) is 3. The Morgan fingerprint density at radius 3 is 2.46 bits per heavy atom. The largest absolute Gasteiger partial charge is 0.270 e. The van der Waals surface area contributed by atoms with Gasteiger partial charge in [0, 0.05) is 6.07 Å². The van der Waals surface area contributed by atoms with Gasteiger partial charge in [-0.25, -0.2) is 8.78 Å². The molecule has 2 nitrogen and oxygen atoms in total. The number of amides is 1. The van der Waals surface area contributed by atoms with Crippen LogP contribution in [0, 0.1) is 11.6 Å². The summed E-state index contributed by atoms with van der Waals surface area (Å²) < 4.78 is 26.7. The first-order valence-corrected chi connectivity index (χ1v) is 8.53. The molecule has 122 valence electrons. The third-order valence-electron chi connectivity index (χ3n) is 3.20. The van der Waals surface area contributed by atoms with Crippen LogP contribution >= 0.6 is 47.2 Å². The summed E-state index contributed by atoms with van der Waals surface area (Å²) in [5, 5.41) is 0.768. The second-order valence-electron chi connectivity index (χ2n) is 4.79. The molecule has 0 radical (unpaired) electrons. The summed E-state index contributed by atoms with van der Waals surface area (Å²) in [6.45, 7) is 0. The highest BCUT2D eigenvalue weighted by molar-refractivity contribution is 8.27. The minimum atomic E-state index is -1.05. The first-order chi connectivity index (χ1) is 11.4. The van der Waals surface area contributed by atoms with Gasteiger partial charge < -0.3 is 0 Å². The zero-order valence-electron chi connectivity index (χ0n) is 11.7. The van der Waals surface area contributed by atoms with Gasteiger partial charge in [0.15, 0.2) is 16.0 Å². The number of carbonyl (C=O) groups is 1. The van der Waals surface area contributed by atoms with Crippen molar-refractivity contribution in [1.82, 2.24) is 0 Å². The number of hydrogen-bond donors (Lipinski definition) is 0. The highest BCUT2D eigenvalue weighted by atomic mass is 35.5. The summed E-state index contributed by atoms with van der Waals surface area (Å²) in [7, 11) is 0. The van der Waals surface area contributed by atoms with Crippen molar-refractivity contribution >= 4 is 69.2 Å². The van der Waals surface area contributed by atoms with Crippen LogP contribution in [-0.2, 0) is 4.79 Å². The smallest absolute Gasteiger partial charge is 0.268 e. The first-order valence-electron chi connectivity index (χ1n) is 6.55. The molecule has 24 heavy (non-hydrogen) atoms. The summed E-state index contributed by atoms with van der Waals surface area (Å²) in [6.07, 6.45) is 1.61. The van der Waals surface area contributed by atoms with Crippen molar-refractivity contribution in [3.05, 3.63) is 68.5 Å². The maximum atomic E-state index is 13.4. The van der Waals surface area contributed by atoms with Gasteiger partial charge in [0.2, 0.25) is 0 Å². The molecule has 1 fully saturated rings. The van der Waals surface area contributed by atoms with Crippen LogP contribution in [0.5, 0.6) is 0 Å². The molecule has 1 amide bonds. The molecular weight excluding hydrogens is 395 g/mol. The van der Waals surface area contributed by atoms with Crippen molar-refractivity contribution in [2.24, 2.45) is 0 Å². The normalized spacial score (nSPS) is 16.3. The van der Waals surface area contributed by atoms with Crippen molar-refractivity contribution in [2.45, 2.75) is 0 Å². The van der Waals surface area contributed by atoms with E-state index >= 15 is 0 Å². The molecule has 0 saturated carbocycles. The second kappa shape index (κ2) is 6.80. The van der Waals surface area contributed by atoms with Gasteiger partial charge in [-0.3, -0.25) is 9.69 Å². The van der Waals surface area contributed by atoms with Gasteiger partial charge in [-0.05, 0) is 35.9 Å². The first kappa shape index (κ1) is 17.4. The van der Waals surface area contributed by atoms with Crippen LogP contribution in [0.25, 0.3) is 6.08 Å². The third kappa shape index (κ3) is 3.32. The molecule has 1 aliphatic rings. The lowest BCUT2D eigenvalue weighted by Crippen LogP contribution is -2.27. The predicted molar refractivity (Wildman–Crippen MR) is 98.5 cm³/mol. The minimum Gasteiger partial charge on any atom is -0.268 e. The lowest BCUT2D eigenvalue weighted by atomic mass is 10.2. The Morgan fingerprint density at radius 1 is 1.04 bits per heavy atom. The maximum Gasteiger partial charge on any atom is 0.270 e. The van der Waals surface area contributed by atoms with Crippen molar-refractivity contribution in [3.8, 4) is 0 Å². The Morgan fingerprint density at radius 2 is 1.79 bits per heavy atom. The Hall–Kier alpha value is -1.47. The highest BCUT2D eigenvalue weighted by Gasteiger charge is 2.33. The Labute approximate surface area is 156 Å². The van der Waals surface area contributed by atoms with Crippen LogP contribution < -0.4 is 4.90 Å². The summed E-state index contributed by atoms with van der Waals surface area (Å²) in [5.74, 6) is -2.45. The van der Waals surface area contributed by atoms with E-state index in [0.29, 0.717) is 20.5 Å². The van der Waals surface area contributed by atoms with Gasteiger partial charge in [-0.2, -0.15) is 0 Å². The van der Waals surface area contributed by atoms with E-state index in [9.17, 15) is 13.6 Å². The predicted octanol–water partition coefficient (Wildman–Crippen LogP) is 5.68. The van der Waals surface area contributed by atoms with E-state index < -0.39 is 17.5 Å². The van der Waals surface area contributed by atoms with Crippen molar-refractivity contribution in [3.63, 3.8) is 0 Å². The standard InChI is InChI=1S/C16H7Cl2F2NOS2/c17-10-3-1-8(5-11(10)18)6-14-15(22)21(16(23)24-14)9-2-4-12(19)13(20)7-9/h1-7H. The molecule has 2 aromatic carbocycles. The van der Waals surface area contributed by atoms with E-state index in [0.717, 1.165) is 28.8 Å². The van der Waals surface area contributed by atoms with E-state index in [2.05, 4.69) is 0 Å². The Balaban J connectivity index is 1.94. The van der Waals surface area contributed by atoms with E-state index in [1.54, 1.807) is 24.3 Å². The molecular formula is C16H7Cl2F2NOS2. The van der Waals surface area contributed by atoms with Crippen molar-refractivity contribution in [2.75, 3.05) is 4.90 Å². The van der Waals surface area contributed by atoms with Crippen LogP contribution in [-0.4, -0.2) is 10.2 Å². The van der Waals surface area contributed by atoms with E-state index in [1.807, 2.05) is 0 Å². The molecule has 0 atom stereocenters. The molecule has 0 unspecified atom stereocenters. The summed E-state index contributed by atoms with van der Waals surface area (Å²) in [4.78, 5) is 14.1. The molecule has 1 heterocycles. The third-order valence-corrected chi connectivity index (χ3v) is 5.24. The summed E-state index contributed by atoms with van der Waals surface area (Å²) in [6, 6.07) is 8.12. The molecule has 0 aromatic heterocycles. The monoisotopic (exact) mass is 401 g/mol. The molecule has 0 bridgehead atoms. The molecule has 0 N–H and O–H groups in total. The topological polar surface area (TPSA) is 20.3 Å². The SMILES string of the molecule is O=C1C(=Cc2ccc(Cl)c(Cl)c2)SC(=S)N1c1ccc(F)c(F)c1. The number of thioether (sulfide) groups is 1. The Bertz CT molecular complexity index is 902. The number of anilines is 1. The molecule has 0 spiro atoms. The fourth-order valence-corrected chi connectivity index (χ4v) is 3.67. The molecule has 2 aromatic rings. The van der Waals surface area contributed by atoms with Crippen LogP contribution in [0.2, 0.25) is 10.0 Å². The summed E-state index contributed by atoms with van der Waals surface area (Å²) in [5.41, 5.74) is 0.851. The van der Waals surface area contributed by atoms with Gasteiger partial charge in [-0.15, -0.1) is 0 Å². The molecule has 3 rings (SSSR count). The number of benzene rings is 2. The number of halogens is 4. The van der Waals surface area contributed by atoms with E-state index in [1.165, 1.54) is 6.07 Å². The van der Waals surface area contributed by atoms with Crippen molar-refractivity contribution < 1.29 is 13.6 Å². The fraction of sp³-hybridized carbons (Fsp3) is 0. The zero-order chi connectivity index (χ0) is 17.4. The summed E-state index contributed by atoms with van der Waals surface area (Å²) >= 11 is 18.1. The second-order valence-corrected chi connectivity index (χ2v) is 7.28. The zero-order valence-corrected chi connectivity index (χ0v) is 14.9. The van der Waals surface area contributed by atoms with Crippen molar-refractivity contribution in [1.29, 1.82) is 0 Å². The van der Waals surface area contributed by atoms with E-state index in [4.69, 9.17) is 35.4 Å². The van der Waals surface area contributed by atoms with Gasteiger partial charge in [0.25, 0.3) is 5.91 Å². The van der Waals surface area contributed by atoms with Gasteiger partial charge >= 0.3 is 0 Å². The number of carbonyl (C=O) groups excluding carboxylic acids is 1. The molecule has 8 heteroatoms. The average Bonchev–Trinajstić information content (AvgIpc) is 2.80.